The van der Waals surface area contributed by atoms with Crippen LogP contribution in [0.1, 0.15) is 58.8 Å². The normalized spacial score (nSPS) is 21.2. The number of piperidine rings is 1. The molecule has 5 heteroatoms. The summed E-state index contributed by atoms with van der Waals surface area (Å²) in [4.78, 5) is 18.9. The van der Waals surface area contributed by atoms with Gasteiger partial charge in [-0.05, 0) is 38.5 Å². The van der Waals surface area contributed by atoms with Gasteiger partial charge in [0.05, 0.1) is 6.54 Å². The highest BCUT2D eigenvalue weighted by Gasteiger charge is 2.19. The Morgan fingerprint density at radius 1 is 1.18 bits per heavy atom. The van der Waals surface area contributed by atoms with Gasteiger partial charge in [0.1, 0.15) is 0 Å². The van der Waals surface area contributed by atoms with Gasteiger partial charge in [-0.3, -0.25) is 9.79 Å². The van der Waals surface area contributed by atoms with Crippen LogP contribution in [0.5, 0.6) is 0 Å². The number of amides is 1. The lowest BCUT2D eigenvalue weighted by Crippen LogP contribution is -2.45. The van der Waals surface area contributed by atoms with E-state index in [1.165, 1.54) is 25.7 Å². The number of carbonyl (C=O) groups excluding carboxylic acids is 1. The van der Waals surface area contributed by atoms with Crippen molar-refractivity contribution in [2.75, 3.05) is 26.2 Å². The zero-order chi connectivity index (χ0) is 15.8. The van der Waals surface area contributed by atoms with Crippen molar-refractivity contribution in [1.82, 2.24) is 15.5 Å². The number of hydrogen-bond donors (Lipinski definition) is 2. The van der Waals surface area contributed by atoms with Crippen LogP contribution in [0.3, 0.4) is 0 Å². The molecule has 22 heavy (non-hydrogen) atoms. The lowest BCUT2D eigenvalue weighted by Gasteiger charge is -2.33. The molecule has 0 aromatic rings. The zero-order valence-electron chi connectivity index (χ0n) is 14.2. The molecule has 0 aromatic carbocycles. The molecule has 0 radical (unpaired) electrons. The van der Waals surface area contributed by atoms with Gasteiger partial charge < -0.3 is 15.5 Å². The average Bonchev–Trinajstić information content (AvgIpc) is 3.00. The number of aliphatic imine (C=N–C) groups is 1. The van der Waals surface area contributed by atoms with E-state index in [2.05, 4.69) is 34.4 Å². The molecule has 1 saturated carbocycles. The molecule has 2 N–H and O–H groups in total. The van der Waals surface area contributed by atoms with Crippen LogP contribution >= 0.6 is 0 Å². The SMILES string of the molecule is CCNC(=NCCC(=O)NC1CCCC1)N1CCC(C)CC1. The fraction of sp³-hybridized carbons (Fsp3) is 0.882. The Balaban J connectivity index is 1.75. The summed E-state index contributed by atoms with van der Waals surface area (Å²) < 4.78 is 0. The Bertz CT molecular complexity index is 369. The van der Waals surface area contributed by atoms with Gasteiger partial charge in [0.2, 0.25) is 5.91 Å². The van der Waals surface area contributed by atoms with Gasteiger partial charge in [0, 0.05) is 32.1 Å². The van der Waals surface area contributed by atoms with Crippen LogP contribution < -0.4 is 10.6 Å². The van der Waals surface area contributed by atoms with Crippen molar-refractivity contribution in [3.8, 4) is 0 Å². The van der Waals surface area contributed by atoms with Crippen LogP contribution in [-0.2, 0) is 4.79 Å². The Labute approximate surface area is 134 Å². The predicted octanol–water partition coefficient (Wildman–Crippen LogP) is 2.13. The number of hydrogen-bond acceptors (Lipinski definition) is 2. The van der Waals surface area contributed by atoms with Gasteiger partial charge in [-0.25, -0.2) is 0 Å². The minimum Gasteiger partial charge on any atom is -0.357 e. The van der Waals surface area contributed by atoms with E-state index in [9.17, 15) is 4.79 Å². The first-order valence-electron chi connectivity index (χ1n) is 9.01. The van der Waals surface area contributed by atoms with Crippen LogP contribution in [0, 0.1) is 5.92 Å². The third kappa shape index (κ3) is 5.50. The lowest BCUT2D eigenvalue weighted by molar-refractivity contribution is -0.121. The summed E-state index contributed by atoms with van der Waals surface area (Å²) >= 11 is 0. The first kappa shape index (κ1) is 17.1. The van der Waals surface area contributed by atoms with Crippen molar-refractivity contribution in [3.63, 3.8) is 0 Å². The largest absolute Gasteiger partial charge is 0.357 e. The third-order valence-corrected chi connectivity index (χ3v) is 4.74. The molecule has 0 atom stereocenters. The van der Waals surface area contributed by atoms with E-state index in [4.69, 9.17) is 0 Å². The molecule has 0 aromatic heterocycles. The summed E-state index contributed by atoms with van der Waals surface area (Å²) in [5, 5.41) is 6.49. The van der Waals surface area contributed by atoms with Crippen molar-refractivity contribution < 1.29 is 4.79 Å². The topological polar surface area (TPSA) is 56.7 Å². The second-order valence-corrected chi connectivity index (χ2v) is 6.70. The first-order chi connectivity index (χ1) is 10.7. The van der Waals surface area contributed by atoms with Gasteiger partial charge in [-0.15, -0.1) is 0 Å². The van der Waals surface area contributed by atoms with E-state index < -0.39 is 0 Å². The van der Waals surface area contributed by atoms with Crippen molar-refractivity contribution >= 4 is 11.9 Å². The molecule has 1 saturated heterocycles. The second-order valence-electron chi connectivity index (χ2n) is 6.70. The van der Waals surface area contributed by atoms with Gasteiger partial charge in [-0.1, -0.05) is 19.8 Å². The van der Waals surface area contributed by atoms with Gasteiger partial charge in [0.25, 0.3) is 0 Å². The maximum atomic E-state index is 11.9. The fourth-order valence-electron chi connectivity index (χ4n) is 3.28. The van der Waals surface area contributed by atoms with E-state index in [1.807, 2.05) is 0 Å². The molecule has 1 amide bonds. The highest BCUT2D eigenvalue weighted by atomic mass is 16.1. The fourth-order valence-corrected chi connectivity index (χ4v) is 3.28. The Kier molecular flexibility index (Phi) is 7.00. The van der Waals surface area contributed by atoms with E-state index in [0.717, 1.165) is 44.4 Å². The van der Waals surface area contributed by atoms with Crippen molar-refractivity contribution in [1.29, 1.82) is 0 Å². The molecule has 1 heterocycles. The van der Waals surface area contributed by atoms with Gasteiger partial charge >= 0.3 is 0 Å². The summed E-state index contributed by atoms with van der Waals surface area (Å²) in [5.74, 6) is 1.94. The minimum atomic E-state index is 0.152. The number of likely N-dealkylation sites (tertiary alicyclic amines) is 1. The van der Waals surface area contributed by atoms with E-state index in [0.29, 0.717) is 19.0 Å². The molecule has 0 spiro atoms. The third-order valence-electron chi connectivity index (χ3n) is 4.74. The maximum absolute atomic E-state index is 11.9. The number of nitrogens with one attached hydrogen (secondary N) is 2. The number of nitrogens with zero attached hydrogens (tertiary/aromatic N) is 2. The molecular formula is C17H32N4O. The molecule has 2 rings (SSSR count). The van der Waals surface area contributed by atoms with Crippen LogP contribution in [0.25, 0.3) is 0 Å². The molecule has 0 unspecified atom stereocenters. The van der Waals surface area contributed by atoms with E-state index >= 15 is 0 Å². The second kappa shape index (κ2) is 9.01. The summed E-state index contributed by atoms with van der Waals surface area (Å²) in [6.45, 7) is 8.00. The number of guanidine groups is 1. The Morgan fingerprint density at radius 3 is 2.50 bits per heavy atom. The highest BCUT2D eigenvalue weighted by molar-refractivity contribution is 5.81. The summed E-state index contributed by atoms with van der Waals surface area (Å²) in [6.07, 6.45) is 7.74. The van der Waals surface area contributed by atoms with Crippen LogP contribution in [0.4, 0.5) is 0 Å². The van der Waals surface area contributed by atoms with Gasteiger partial charge in [-0.2, -0.15) is 0 Å². The Hall–Kier alpha value is -1.26. The monoisotopic (exact) mass is 308 g/mol. The van der Waals surface area contributed by atoms with Crippen molar-refractivity contribution in [3.05, 3.63) is 0 Å². The number of carbonyl (C=O) groups is 1. The molecule has 1 aliphatic carbocycles. The standard InChI is InChI=1S/C17H32N4O/c1-3-18-17(21-12-9-14(2)10-13-21)19-11-8-16(22)20-15-6-4-5-7-15/h14-15H,3-13H2,1-2H3,(H,18,19)(H,20,22). The number of rotatable bonds is 5. The summed E-state index contributed by atoms with van der Waals surface area (Å²) in [7, 11) is 0. The summed E-state index contributed by atoms with van der Waals surface area (Å²) in [6, 6.07) is 0.410. The van der Waals surface area contributed by atoms with Crippen molar-refractivity contribution in [2.24, 2.45) is 10.9 Å². The first-order valence-corrected chi connectivity index (χ1v) is 9.01. The van der Waals surface area contributed by atoms with E-state index in [-0.39, 0.29) is 5.91 Å². The quantitative estimate of drug-likeness (QED) is 0.604. The van der Waals surface area contributed by atoms with Crippen molar-refractivity contribution in [2.45, 2.75) is 64.8 Å². The van der Waals surface area contributed by atoms with Crippen LogP contribution in [0.2, 0.25) is 0 Å². The Morgan fingerprint density at radius 2 is 1.86 bits per heavy atom. The minimum absolute atomic E-state index is 0.152. The molecular weight excluding hydrogens is 276 g/mol. The predicted molar refractivity (Wildman–Crippen MR) is 91.0 cm³/mol. The lowest BCUT2D eigenvalue weighted by atomic mass is 10.00. The molecule has 126 valence electrons. The van der Waals surface area contributed by atoms with Crippen LogP contribution in [-0.4, -0.2) is 49.0 Å². The average molecular weight is 308 g/mol. The molecule has 1 aliphatic heterocycles. The molecule has 5 nitrogen and oxygen atoms in total. The van der Waals surface area contributed by atoms with Gasteiger partial charge in [0.15, 0.2) is 5.96 Å². The molecule has 2 fully saturated rings. The zero-order valence-corrected chi connectivity index (χ0v) is 14.2. The highest BCUT2D eigenvalue weighted by Crippen LogP contribution is 2.18. The molecule has 2 aliphatic rings. The summed E-state index contributed by atoms with van der Waals surface area (Å²) in [5.41, 5.74) is 0. The van der Waals surface area contributed by atoms with Crippen LogP contribution in [0.15, 0.2) is 4.99 Å². The smallest absolute Gasteiger partial charge is 0.222 e. The maximum Gasteiger partial charge on any atom is 0.222 e. The molecule has 0 bridgehead atoms. The van der Waals surface area contributed by atoms with E-state index in [1.54, 1.807) is 0 Å².